The molecular weight excluding hydrogens is 441 g/mol. The van der Waals surface area contributed by atoms with E-state index >= 15 is 0 Å². The number of hydrogen-bond donors (Lipinski definition) is 1. The number of rotatable bonds is 7. The zero-order chi connectivity index (χ0) is 23.8. The van der Waals surface area contributed by atoms with E-state index < -0.39 is 15.8 Å². The van der Waals surface area contributed by atoms with Crippen molar-refractivity contribution in [1.29, 1.82) is 0 Å². The van der Waals surface area contributed by atoms with Crippen LogP contribution in [0.3, 0.4) is 0 Å². The highest BCUT2D eigenvalue weighted by atomic mass is 32.2. The highest BCUT2D eigenvalue weighted by Gasteiger charge is 2.22. The largest absolute Gasteiger partial charge is 0.398 e. The van der Waals surface area contributed by atoms with E-state index in [-0.39, 0.29) is 29.2 Å². The first-order chi connectivity index (χ1) is 15.7. The van der Waals surface area contributed by atoms with Gasteiger partial charge >= 0.3 is 0 Å². The van der Waals surface area contributed by atoms with Crippen LogP contribution in [-0.2, 0) is 21.2 Å². The number of fused-ring (bicyclic) bond motifs is 1. The van der Waals surface area contributed by atoms with Crippen LogP contribution in [0, 0.1) is 5.82 Å². The quantitative estimate of drug-likeness (QED) is 0.418. The van der Waals surface area contributed by atoms with Crippen molar-refractivity contribution < 1.29 is 17.6 Å². The lowest BCUT2D eigenvalue weighted by atomic mass is 9.98. The smallest absolute Gasteiger partial charge is 0.268 e. The van der Waals surface area contributed by atoms with Crippen molar-refractivity contribution in [2.75, 3.05) is 26.4 Å². The van der Waals surface area contributed by atoms with Gasteiger partial charge in [-0.05, 0) is 67.7 Å². The van der Waals surface area contributed by atoms with Gasteiger partial charge in [0.2, 0.25) is 0 Å². The van der Waals surface area contributed by atoms with E-state index in [4.69, 9.17) is 5.73 Å². The number of nitrogens with zero attached hydrogens (tertiary/aromatic N) is 2. The molecule has 2 N–H and O–H groups in total. The van der Waals surface area contributed by atoms with Crippen LogP contribution in [0.4, 0.5) is 10.1 Å². The summed E-state index contributed by atoms with van der Waals surface area (Å²) >= 11 is 0. The zero-order valence-corrected chi connectivity index (χ0v) is 19.1. The Morgan fingerprint density at radius 3 is 2.45 bits per heavy atom. The van der Waals surface area contributed by atoms with Crippen molar-refractivity contribution in [3.05, 3.63) is 84.3 Å². The van der Waals surface area contributed by atoms with Crippen LogP contribution in [0.15, 0.2) is 77.8 Å². The fourth-order valence-corrected chi connectivity index (χ4v) is 5.24. The number of hydrogen-bond acceptors (Lipinski definition) is 5. The minimum atomic E-state index is -3.95. The van der Waals surface area contributed by atoms with Crippen LogP contribution in [0.1, 0.15) is 5.56 Å². The topological polar surface area (TPSA) is 85.4 Å². The number of ketones is 1. The molecule has 0 aliphatic heterocycles. The number of carbonyl (C=O) groups is 1. The molecule has 0 bridgehead atoms. The Bertz CT molecular complexity index is 1440. The maximum absolute atomic E-state index is 14.1. The molecule has 1 heterocycles. The fraction of sp³-hybridized carbons (Fsp3) is 0.160. The molecule has 0 saturated carbocycles. The summed E-state index contributed by atoms with van der Waals surface area (Å²) in [5.74, 6) is -0.524. The van der Waals surface area contributed by atoms with Gasteiger partial charge < -0.3 is 10.6 Å². The summed E-state index contributed by atoms with van der Waals surface area (Å²) in [5.41, 5.74) is 8.78. The second-order valence-electron chi connectivity index (χ2n) is 8.18. The molecule has 0 amide bonds. The van der Waals surface area contributed by atoms with Crippen molar-refractivity contribution in [1.82, 2.24) is 8.87 Å². The average Bonchev–Trinajstić information content (AvgIpc) is 3.15. The van der Waals surface area contributed by atoms with E-state index in [0.717, 1.165) is 3.97 Å². The van der Waals surface area contributed by atoms with E-state index in [1.807, 2.05) is 14.1 Å². The van der Waals surface area contributed by atoms with E-state index in [1.54, 1.807) is 47.4 Å². The Balaban J connectivity index is 1.86. The van der Waals surface area contributed by atoms with Gasteiger partial charge in [0.15, 0.2) is 5.78 Å². The number of nitrogens with two attached hydrogens (primary N) is 1. The summed E-state index contributed by atoms with van der Waals surface area (Å²) in [7, 11) is -0.318. The lowest BCUT2D eigenvalue weighted by molar-refractivity contribution is -0.119. The van der Waals surface area contributed by atoms with Gasteiger partial charge in [0.1, 0.15) is 5.82 Å². The van der Waals surface area contributed by atoms with Crippen molar-refractivity contribution >= 4 is 32.4 Å². The number of likely N-dealkylation sites (N-methyl/N-ethyl adjacent to an activating group) is 1. The molecule has 0 aliphatic rings. The van der Waals surface area contributed by atoms with Crippen LogP contribution < -0.4 is 5.73 Å². The molecule has 4 rings (SSSR count). The SMILES string of the molecule is CN(C)CC(=O)Cc1cc(-c2cn(S(=O)(=O)c3ccccc3)c3cc(F)ccc23)ccc1N. The normalized spacial score (nSPS) is 11.9. The summed E-state index contributed by atoms with van der Waals surface area (Å²) in [6.07, 6.45) is 1.65. The highest BCUT2D eigenvalue weighted by molar-refractivity contribution is 7.90. The predicted molar refractivity (Wildman–Crippen MR) is 128 cm³/mol. The summed E-state index contributed by atoms with van der Waals surface area (Å²) < 4.78 is 41.9. The Labute approximate surface area is 192 Å². The van der Waals surface area contributed by atoms with Crippen molar-refractivity contribution in [2.45, 2.75) is 11.3 Å². The molecular formula is C25H24FN3O3S. The van der Waals surface area contributed by atoms with E-state index in [2.05, 4.69) is 0 Å². The maximum Gasteiger partial charge on any atom is 0.268 e. The molecule has 1 aromatic heterocycles. The Morgan fingerprint density at radius 2 is 1.76 bits per heavy atom. The minimum absolute atomic E-state index is 0.0139. The number of Topliss-reactive ketones (excluding diaryl/α,β-unsaturated/α-hetero) is 1. The summed E-state index contributed by atoms with van der Waals surface area (Å²) in [5, 5.41) is 0.575. The monoisotopic (exact) mass is 465 g/mol. The number of halogens is 1. The van der Waals surface area contributed by atoms with E-state index in [0.29, 0.717) is 27.8 Å². The lowest BCUT2D eigenvalue weighted by Gasteiger charge is -2.11. The third-order valence-corrected chi connectivity index (χ3v) is 7.06. The minimum Gasteiger partial charge on any atom is -0.398 e. The van der Waals surface area contributed by atoms with Gasteiger partial charge in [-0.1, -0.05) is 24.3 Å². The Hall–Kier alpha value is -3.49. The summed E-state index contributed by atoms with van der Waals surface area (Å²) in [6.45, 7) is 0.289. The summed E-state index contributed by atoms with van der Waals surface area (Å²) in [6, 6.07) is 17.3. The van der Waals surface area contributed by atoms with Crippen LogP contribution in [-0.4, -0.2) is 43.7 Å². The van der Waals surface area contributed by atoms with Crippen LogP contribution in [0.25, 0.3) is 22.0 Å². The van der Waals surface area contributed by atoms with Gasteiger partial charge in [-0.15, -0.1) is 0 Å². The average molecular weight is 466 g/mol. The zero-order valence-electron chi connectivity index (χ0n) is 18.3. The van der Waals surface area contributed by atoms with Gasteiger partial charge in [-0.25, -0.2) is 16.8 Å². The first-order valence-electron chi connectivity index (χ1n) is 10.3. The van der Waals surface area contributed by atoms with Crippen LogP contribution in [0.5, 0.6) is 0 Å². The molecule has 4 aromatic rings. The molecule has 6 nitrogen and oxygen atoms in total. The highest BCUT2D eigenvalue weighted by Crippen LogP contribution is 2.35. The number of carbonyl (C=O) groups excluding carboxylic acids is 1. The van der Waals surface area contributed by atoms with Crippen molar-refractivity contribution in [3.63, 3.8) is 0 Å². The molecule has 0 saturated heterocycles. The maximum atomic E-state index is 14.1. The first kappa shape index (κ1) is 22.7. The molecule has 0 unspecified atom stereocenters. The third-order valence-electron chi connectivity index (χ3n) is 5.37. The molecule has 0 atom stereocenters. The van der Waals surface area contributed by atoms with E-state index in [1.165, 1.54) is 30.5 Å². The van der Waals surface area contributed by atoms with E-state index in [9.17, 15) is 17.6 Å². The molecule has 33 heavy (non-hydrogen) atoms. The molecule has 0 aliphatic carbocycles. The van der Waals surface area contributed by atoms with Crippen molar-refractivity contribution in [2.24, 2.45) is 0 Å². The Kier molecular flexibility index (Phi) is 6.05. The number of aromatic nitrogens is 1. The van der Waals surface area contributed by atoms with Gasteiger partial charge in [-0.2, -0.15) is 0 Å². The fourth-order valence-electron chi connectivity index (χ4n) is 3.85. The van der Waals surface area contributed by atoms with Crippen LogP contribution >= 0.6 is 0 Å². The molecule has 0 spiro atoms. The van der Waals surface area contributed by atoms with Gasteiger partial charge in [0.25, 0.3) is 10.0 Å². The van der Waals surface area contributed by atoms with Crippen molar-refractivity contribution in [3.8, 4) is 11.1 Å². The van der Waals surface area contributed by atoms with Gasteiger partial charge in [0, 0.05) is 29.3 Å². The molecule has 170 valence electrons. The summed E-state index contributed by atoms with van der Waals surface area (Å²) in [4.78, 5) is 14.2. The Morgan fingerprint density at radius 1 is 1.03 bits per heavy atom. The third kappa shape index (κ3) is 4.53. The van der Waals surface area contributed by atoms with Gasteiger partial charge in [0.05, 0.1) is 17.0 Å². The second-order valence-corrected chi connectivity index (χ2v) is 10.00. The number of benzene rings is 3. The second kappa shape index (κ2) is 8.80. The predicted octanol–water partition coefficient (Wildman–Crippen LogP) is 3.94. The van der Waals surface area contributed by atoms with Gasteiger partial charge in [-0.3, -0.25) is 4.79 Å². The molecule has 0 radical (unpaired) electrons. The standard InChI is InChI=1S/C25H24FN3O3S/c1-28(2)15-20(30)13-18-12-17(8-11-24(18)27)23-16-29(25-14-19(26)9-10-22(23)25)33(31,32)21-6-4-3-5-7-21/h3-12,14,16H,13,15,27H2,1-2H3. The number of nitrogen functional groups attached to an aromatic ring is 1. The lowest BCUT2D eigenvalue weighted by Crippen LogP contribution is -2.23. The number of anilines is 1. The molecule has 3 aromatic carbocycles. The molecule has 0 fully saturated rings. The molecule has 8 heteroatoms. The van der Waals surface area contributed by atoms with Crippen LogP contribution in [0.2, 0.25) is 0 Å². The first-order valence-corrected chi connectivity index (χ1v) is 11.8.